The standard InChI is InChI=1S/C17H25N3O3S.ClH/c1-23-9-6-18-13-16(21)19-15-4-2-14(3-5-15)12-17(22)20-7-10-24-11-8-20;/h2-5,18H,6-13H2,1H3,(H,19,21);1H. The van der Waals surface area contributed by atoms with Gasteiger partial charge in [0.25, 0.3) is 0 Å². The highest BCUT2D eigenvalue weighted by Gasteiger charge is 2.16. The van der Waals surface area contributed by atoms with E-state index in [9.17, 15) is 9.59 Å². The monoisotopic (exact) mass is 387 g/mol. The zero-order chi connectivity index (χ0) is 17.2. The van der Waals surface area contributed by atoms with Crippen LogP contribution in [0.25, 0.3) is 0 Å². The Kier molecular flexibility index (Phi) is 10.6. The first kappa shape index (κ1) is 21.8. The molecule has 1 aliphatic rings. The Morgan fingerprint density at radius 2 is 1.88 bits per heavy atom. The summed E-state index contributed by atoms with van der Waals surface area (Å²) >= 11 is 1.89. The zero-order valence-electron chi connectivity index (χ0n) is 14.5. The quantitative estimate of drug-likeness (QED) is 0.660. The fourth-order valence-corrected chi connectivity index (χ4v) is 3.29. The second-order valence-corrected chi connectivity index (χ2v) is 6.81. The van der Waals surface area contributed by atoms with Crippen molar-refractivity contribution in [3.63, 3.8) is 0 Å². The largest absolute Gasteiger partial charge is 0.383 e. The summed E-state index contributed by atoms with van der Waals surface area (Å²) in [5, 5.41) is 5.81. The van der Waals surface area contributed by atoms with E-state index in [0.29, 0.717) is 19.6 Å². The van der Waals surface area contributed by atoms with Crippen LogP contribution in [0.5, 0.6) is 0 Å². The van der Waals surface area contributed by atoms with Crippen LogP contribution in [0.15, 0.2) is 24.3 Å². The number of amides is 2. The minimum absolute atomic E-state index is 0. The summed E-state index contributed by atoms with van der Waals surface area (Å²) in [5.74, 6) is 2.12. The summed E-state index contributed by atoms with van der Waals surface area (Å²) in [5.41, 5.74) is 1.70. The van der Waals surface area contributed by atoms with Crippen LogP contribution >= 0.6 is 24.2 Å². The van der Waals surface area contributed by atoms with Crippen molar-refractivity contribution in [2.24, 2.45) is 0 Å². The van der Waals surface area contributed by atoms with Gasteiger partial charge in [-0.05, 0) is 17.7 Å². The number of thioether (sulfide) groups is 1. The van der Waals surface area contributed by atoms with Crippen LogP contribution < -0.4 is 10.6 Å². The van der Waals surface area contributed by atoms with Crippen LogP contribution in [0.2, 0.25) is 0 Å². The first-order valence-electron chi connectivity index (χ1n) is 8.13. The molecule has 1 aromatic carbocycles. The van der Waals surface area contributed by atoms with Gasteiger partial charge < -0.3 is 20.3 Å². The van der Waals surface area contributed by atoms with E-state index in [4.69, 9.17) is 4.74 Å². The fraction of sp³-hybridized carbons (Fsp3) is 0.529. The molecule has 2 N–H and O–H groups in total. The molecule has 0 radical (unpaired) electrons. The molecular weight excluding hydrogens is 362 g/mol. The van der Waals surface area contributed by atoms with Crippen molar-refractivity contribution in [1.82, 2.24) is 10.2 Å². The van der Waals surface area contributed by atoms with E-state index in [1.807, 2.05) is 40.9 Å². The molecule has 1 aliphatic heterocycles. The topological polar surface area (TPSA) is 70.7 Å². The summed E-state index contributed by atoms with van der Waals surface area (Å²) < 4.78 is 4.90. The van der Waals surface area contributed by atoms with Crippen molar-refractivity contribution < 1.29 is 14.3 Å². The molecule has 8 heteroatoms. The SMILES string of the molecule is COCCNCC(=O)Nc1ccc(CC(=O)N2CCSCC2)cc1.Cl. The van der Waals surface area contributed by atoms with Crippen molar-refractivity contribution in [1.29, 1.82) is 0 Å². The number of anilines is 1. The molecule has 2 amide bonds. The lowest BCUT2D eigenvalue weighted by Gasteiger charge is -2.26. The number of rotatable bonds is 8. The highest BCUT2D eigenvalue weighted by atomic mass is 35.5. The molecule has 25 heavy (non-hydrogen) atoms. The van der Waals surface area contributed by atoms with Gasteiger partial charge in [-0.15, -0.1) is 12.4 Å². The predicted octanol–water partition coefficient (Wildman–Crippen LogP) is 1.40. The van der Waals surface area contributed by atoms with Crippen LogP contribution in [-0.4, -0.2) is 68.1 Å². The number of carbonyl (C=O) groups is 2. The predicted molar refractivity (Wildman–Crippen MR) is 105 cm³/mol. The minimum atomic E-state index is -0.0965. The molecule has 0 aliphatic carbocycles. The molecule has 0 unspecified atom stereocenters. The first-order chi connectivity index (χ1) is 11.7. The third-order valence-electron chi connectivity index (χ3n) is 3.73. The van der Waals surface area contributed by atoms with Crippen molar-refractivity contribution in [2.75, 3.05) is 56.7 Å². The number of methoxy groups -OCH3 is 1. The van der Waals surface area contributed by atoms with Crippen molar-refractivity contribution in [3.8, 4) is 0 Å². The Morgan fingerprint density at radius 3 is 2.52 bits per heavy atom. The Labute approximate surface area is 159 Å². The van der Waals surface area contributed by atoms with Crippen molar-refractivity contribution in [3.05, 3.63) is 29.8 Å². The number of nitrogens with one attached hydrogen (secondary N) is 2. The van der Waals surface area contributed by atoms with Gasteiger partial charge in [0.2, 0.25) is 11.8 Å². The smallest absolute Gasteiger partial charge is 0.238 e. The lowest BCUT2D eigenvalue weighted by atomic mass is 10.1. The van der Waals surface area contributed by atoms with Gasteiger partial charge in [-0.25, -0.2) is 0 Å². The van der Waals surface area contributed by atoms with Gasteiger partial charge in [0, 0.05) is 43.9 Å². The van der Waals surface area contributed by atoms with Crippen molar-refractivity contribution >= 4 is 41.7 Å². The van der Waals surface area contributed by atoms with Gasteiger partial charge in [0.1, 0.15) is 0 Å². The first-order valence-corrected chi connectivity index (χ1v) is 9.28. The van der Waals surface area contributed by atoms with Gasteiger partial charge in [-0.2, -0.15) is 11.8 Å². The summed E-state index contributed by atoms with van der Waals surface area (Å²) in [6.07, 6.45) is 0.414. The van der Waals surface area contributed by atoms with Gasteiger partial charge in [0.15, 0.2) is 0 Å². The van der Waals surface area contributed by atoms with E-state index >= 15 is 0 Å². The summed E-state index contributed by atoms with van der Waals surface area (Å²) in [6.45, 7) is 3.14. The van der Waals surface area contributed by atoms with E-state index in [-0.39, 0.29) is 30.8 Å². The molecule has 6 nitrogen and oxygen atoms in total. The molecule has 1 fully saturated rings. The van der Waals surface area contributed by atoms with Gasteiger partial charge in [-0.3, -0.25) is 9.59 Å². The van der Waals surface area contributed by atoms with Crippen LogP contribution in [0, 0.1) is 0 Å². The highest BCUT2D eigenvalue weighted by Crippen LogP contribution is 2.13. The number of halogens is 1. The van der Waals surface area contributed by atoms with Gasteiger partial charge in [-0.1, -0.05) is 12.1 Å². The molecule has 2 rings (SSSR count). The number of benzene rings is 1. The second-order valence-electron chi connectivity index (χ2n) is 5.58. The summed E-state index contributed by atoms with van der Waals surface area (Å²) in [6, 6.07) is 7.46. The highest BCUT2D eigenvalue weighted by molar-refractivity contribution is 7.99. The second kappa shape index (κ2) is 12.1. The number of hydrogen-bond donors (Lipinski definition) is 2. The fourth-order valence-electron chi connectivity index (χ4n) is 2.39. The Morgan fingerprint density at radius 1 is 1.20 bits per heavy atom. The van der Waals surface area contributed by atoms with Crippen LogP contribution in [-0.2, 0) is 20.7 Å². The molecular formula is C17H26ClN3O3S. The van der Waals surface area contributed by atoms with E-state index in [1.54, 1.807) is 7.11 Å². The normalized spacial score (nSPS) is 13.9. The zero-order valence-corrected chi connectivity index (χ0v) is 16.1. The van der Waals surface area contributed by atoms with Crippen LogP contribution in [0.3, 0.4) is 0 Å². The van der Waals surface area contributed by atoms with Crippen LogP contribution in [0.1, 0.15) is 5.56 Å². The molecule has 1 aromatic rings. The van der Waals surface area contributed by atoms with E-state index in [2.05, 4.69) is 10.6 Å². The number of nitrogens with zero attached hydrogens (tertiary/aromatic N) is 1. The molecule has 1 heterocycles. The number of ether oxygens (including phenoxy) is 1. The third-order valence-corrected chi connectivity index (χ3v) is 4.67. The van der Waals surface area contributed by atoms with Crippen molar-refractivity contribution in [2.45, 2.75) is 6.42 Å². The van der Waals surface area contributed by atoms with E-state index in [0.717, 1.165) is 35.8 Å². The lowest BCUT2D eigenvalue weighted by Crippen LogP contribution is -2.38. The Bertz CT molecular complexity index is 536. The third kappa shape index (κ3) is 8.09. The molecule has 1 saturated heterocycles. The van der Waals surface area contributed by atoms with Gasteiger partial charge in [0.05, 0.1) is 19.6 Å². The lowest BCUT2D eigenvalue weighted by molar-refractivity contribution is -0.130. The number of hydrogen-bond acceptors (Lipinski definition) is 5. The average molecular weight is 388 g/mol. The molecule has 0 aromatic heterocycles. The molecule has 0 atom stereocenters. The maximum absolute atomic E-state index is 12.2. The van der Waals surface area contributed by atoms with Gasteiger partial charge >= 0.3 is 0 Å². The molecule has 140 valence electrons. The average Bonchev–Trinajstić information content (AvgIpc) is 2.61. The van der Waals surface area contributed by atoms with E-state index in [1.165, 1.54) is 0 Å². The maximum atomic E-state index is 12.2. The van der Waals surface area contributed by atoms with Crippen LogP contribution in [0.4, 0.5) is 5.69 Å². The molecule has 0 bridgehead atoms. The Hall–Kier alpha value is -1.28. The number of carbonyl (C=O) groups excluding carboxylic acids is 2. The summed E-state index contributed by atoms with van der Waals surface area (Å²) in [7, 11) is 1.62. The Balaban J connectivity index is 0.00000312. The maximum Gasteiger partial charge on any atom is 0.238 e. The molecule has 0 saturated carbocycles. The summed E-state index contributed by atoms with van der Waals surface area (Å²) in [4.78, 5) is 25.9. The molecule has 0 spiro atoms. The van der Waals surface area contributed by atoms with E-state index < -0.39 is 0 Å². The minimum Gasteiger partial charge on any atom is -0.383 e.